The smallest absolute Gasteiger partial charge is 0.236 e. The van der Waals surface area contributed by atoms with E-state index in [0.717, 1.165) is 18.7 Å². The number of nitrogens with zero attached hydrogens (tertiary/aromatic N) is 2. The molecule has 1 rings (SSSR count). The van der Waals surface area contributed by atoms with E-state index in [1.807, 2.05) is 13.8 Å². The lowest BCUT2D eigenvalue weighted by molar-refractivity contribution is 0.168. The molecule has 0 saturated carbocycles. The van der Waals surface area contributed by atoms with E-state index in [1.54, 1.807) is 11.8 Å². The molecule has 0 bridgehead atoms. The van der Waals surface area contributed by atoms with Crippen molar-refractivity contribution in [3.05, 3.63) is 5.69 Å². The molecular formula is C10H19N3O2. The molecule has 0 aliphatic heterocycles. The van der Waals surface area contributed by atoms with Crippen molar-refractivity contribution in [2.24, 2.45) is 0 Å². The van der Waals surface area contributed by atoms with Gasteiger partial charge in [0.05, 0.1) is 12.3 Å². The zero-order chi connectivity index (χ0) is 11.3. The molecule has 0 fully saturated rings. The van der Waals surface area contributed by atoms with Crippen LogP contribution in [0, 0.1) is 6.92 Å². The van der Waals surface area contributed by atoms with E-state index in [9.17, 15) is 0 Å². The van der Waals surface area contributed by atoms with E-state index in [1.165, 1.54) is 0 Å². The summed E-state index contributed by atoms with van der Waals surface area (Å²) >= 11 is 0. The van der Waals surface area contributed by atoms with Gasteiger partial charge in [-0.05, 0) is 13.8 Å². The number of ether oxygens (including phenoxy) is 2. The average molecular weight is 213 g/mol. The van der Waals surface area contributed by atoms with Crippen LogP contribution in [0.2, 0.25) is 0 Å². The van der Waals surface area contributed by atoms with Crippen LogP contribution >= 0.6 is 0 Å². The van der Waals surface area contributed by atoms with Crippen LogP contribution in [0.5, 0.6) is 5.88 Å². The normalized spacial score (nSPS) is 10.6. The summed E-state index contributed by atoms with van der Waals surface area (Å²) in [5.41, 5.74) is 7.31. The minimum atomic E-state index is 0.600. The Morgan fingerprint density at radius 2 is 2.13 bits per heavy atom. The summed E-state index contributed by atoms with van der Waals surface area (Å²) in [5.74, 6) is 0.672. The fraction of sp³-hybridized carbons (Fsp3) is 0.700. The first-order valence-electron chi connectivity index (χ1n) is 5.15. The maximum atomic E-state index is 5.85. The van der Waals surface area contributed by atoms with Crippen molar-refractivity contribution in [1.29, 1.82) is 0 Å². The fourth-order valence-corrected chi connectivity index (χ4v) is 1.31. The van der Waals surface area contributed by atoms with Crippen molar-refractivity contribution in [3.63, 3.8) is 0 Å². The zero-order valence-corrected chi connectivity index (χ0v) is 9.62. The van der Waals surface area contributed by atoms with Crippen molar-refractivity contribution < 1.29 is 9.47 Å². The predicted molar refractivity (Wildman–Crippen MR) is 59.0 cm³/mol. The Labute approximate surface area is 90.2 Å². The zero-order valence-electron chi connectivity index (χ0n) is 9.62. The summed E-state index contributed by atoms with van der Waals surface area (Å²) in [5, 5.41) is 4.26. The molecular weight excluding hydrogens is 194 g/mol. The van der Waals surface area contributed by atoms with Crippen molar-refractivity contribution in [1.82, 2.24) is 9.78 Å². The Bertz CT molecular complexity index is 310. The third-order valence-electron chi connectivity index (χ3n) is 2.16. The predicted octanol–water partition coefficient (Wildman–Crippen LogP) is 1.21. The lowest BCUT2D eigenvalue weighted by atomic mass is 10.4. The minimum absolute atomic E-state index is 0.600. The van der Waals surface area contributed by atoms with Crippen LogP contribution in [0.15, 0.2) is 0 Å². The van der Waals surface area contributed by atoms with Crippen LogP contribution in [0.25, 0.3) is 0 Å². The van der Waals surface area contributed by atoms with Gasteiger partial charge in [0.25, 0.3) is 0 Å². The number of rotatable bonds is 6. The molecule has 15 heavy (non-hydrogen) atoms. The molecule has 0 unspecified atom stereocenters. The van der Waals surface area contributed by atoms with Gasteiger partial charge in [-0.15, -0.1) is 0 Å². The van der Waals surface area contributed by atoms with Gasteiger partial charge >= 0.3 is 0 Å². The van der Waals surface area contributed by atoms with Gasteiger partial charge < -0.3 is 15.2 Å². The van der Waals surface area contributed by atoms with Gasteiger partial charge in [-0.1, -0.05) is 0 Å². The number of aryl methyl sites for hydroxylation is 2. The molecule has 0 amide bonds. The minimum Gasteiger partial charge on any atom is -0.476 e. The number of nitrogens with two attached hydrogens (primary N) is 1. The van der Waals surface area contributed by atoms with E-state index >= 15 is 0 Å². The highest BCUT2D eigenvalue weighted by molar-refractivity contribution is 5.52. The van der Waals surface area contributed by atoms with Gasteiger partial charge in [0.1, 0.15) is 5.69 Å². The quantitative estimate of drug-likeness (QED) is 0.721. The first kappa shape index (κ1) is 11.8. The molecule has 0 aliphatic rings. The standard InChI is InChI=1S/C10H19N3O2/c1-4-13-10(9(11)8(2)12-13)15-7-5-6-14-3/h4-7,11H2,1-3H3. The Morgan fingerprint density at radius 3 is 2.73 bits per heavy atom. The molecule has 1 aromatic heterocycles. The topological polar surface area (TPSA) is 62.3 Å². The summed E-state index contributed by atoms with van der Waals surface area (Å²) in [6.45, 7) is 5.94. The van der Waals surface area contributed by atoms with Crippen LogP contribution in [-0.4, -0.2) is 30.1 Å². The Kier molecular flexibility index (Phi) is 4.42. The van der Waals surface area contributed by atoms with Gasteiger partial charge in [0.15, 0.2) is 0 Å². The molecule has 0 aromatic carbocycles. The number of nitrogen functional groups attached to an aromatic ring is 1. The van der Waals surface area contributed by atoms with Crippen molar-refractivity contribution in [3.8, 4) is 5.88 Å². The van der Waals surface area contributed by atoms with Crippen LogP contribution in [-0.2, 0) is 11.3 Å². The van der Waals surface area contributed by atoms with Gasteiger partial charge in [0, 0.05) is 26.7 Å². The maximum Gasteiger partial charge on any atom is 0.236 e. The average Bonchev–Trinajstić information content (AvgIpc) is 2.51. The third kappa shape index (κ3) is 2.86. The second-order valence-electron chi connectivity index (χ2n) is 3.31. The highest BCUT2D eigenvalue weighted by Crippen LogP contribution is 2.24. The first-order valence-corrected chi connectivity index (χ1v) is 5.15. The van der Waals surface area contributed by atoms with E-state index in [4.69, 9.17) is 15.2 Å². The van der Waals surface area contributed by atoms with Crippen LogP contribution < -0.4 is 10.5 Å². The van der Waals surface area contributed by atoms with E-state index in [0.29, 0.717) is 24.8 Å². The van der Waals surface area contributed by atoms with Crippen molar-refractivity contribution in [2.45, 2.75) is 26.8 Å². The molecule has 2 N–H and O–H groups in total. The van der Waals surface area contributed by atoms with Crippen molar-refractivity contribution >= 4 is 5.69 Å². The molecule has 1 heterocycles. The van der Waals surface area contributed by atoms with Crippen LogP contribution in [0.4, 0.5) is 5.69 Å². The first-order chi connectivity index (χ1) is 7.20. The molecule has 0 aliphatic carbocycles. The second-order valence-corrected chi connectivity index (χ2v) is 3.31. The third-order valence-corrected chi connectivity index (χ3v) is 2.16. The second kappa shape index (κ2) is 5.60. The largest absolute Gasteiger partial charge is 0.476 e. The molecule has 0 radical (unpaired) electrons. The van der Waals surface area contributed by atoms with E-state index in [2.05, 4.69) is 5.10 Å². The summed E-state index contributed by atoms with van der Waals surface area (Å²) in [6, 6.07) is 0. The number of hydrogen-bond acceptors (Lipinski definition) is 4. The molecule has 0 spiro atoms. The van der Waals surface area contributed by atoms with E-state index in [-0.39, 0.29) is 0 Å². The van der Waals surface area contributed by atoms with Crippen LogP contribution in [0.3, 0.4) is 0 Å². The SMILES string of the molecule is CCn1nc(C)c(N)c1OCCCOC. The number of methoxy groups -OCH3 is 1. The van der Waals surface area contributed by atoms with Gasteiger partial charge in [-0.3, -0.25) is 0 Å². The maximum absolute atomic E-state index is 5.85. The number of anilines is 1. The molecule has 0 saturated heterocycles. The Morgan fingerprint density at radius 1 is 1.40 bits per heavy atom. The summed E-state index contributed by atoms with van der Waals surface area (Å²) in [7, 11) is 1.68. The Balaban J connectivity index is 2.58. The van der Waals surface area contributed by atoms with Gasteiger partial charge in [0.2, 0.25) is 5.88 Å². The summed E-state index contributed by atoms with van der Waals surface area (Å²) in [4.78, 5) is 0. The fourth-order valence-electron chi connectivity index (χ4n) is 1.31. The molecule has 0 atom stereocenters. The lowest BCUT2D eigenvalue weighted by Gasteiger charge is -2.07. The highest BCUT2D eigenvalue weighted by Gasteiger charge is 2.12. The molecule has 5 heteroatoms. The van der Waals surface area contributed by atoms with Gasteiger partial charge in [-0.2, -0.15) is 5.10 Å². The number of aromatic nitrogens is 2. The molecule has 1 aromatic rings. The molecule has 86 valence electrons. The summed E-state index contributed by atoms with van der Waals surface area (Å²) < 4.78 is 12.3. The van der Waals surface area contributed by atoms with Gasteiger partial charge in [-0.25, -0.2) is 4.68 Å². The van der Waals surface area contributed by atoms with E-state index < -0.39 is 0 Å². The molecule has 5 nitrogen and oxygen atoms in total. The van der Waals surface area contributed by atoms with Crippen molar-refractivity contribution in [2.75, 3.05) is 26.1 Å². The highest BCUT2D eigenvalue weighted by atomic mass is 16.5. The summed E-state index contributed by atoms with van der Waals surface area (Å²) in [6.07, 6.45) is 0.851. The van der Waals surface area contributed by atoms with Crippen LogP contribution in [0.1, 0.15) is 19.0 Å². The Hall–Kier alpha value is -1.23. The number of hydrogen-bond donors (Lipinski definition) is 1. The lowest BCUT2D eigenvalue weighted by Crippen LogP contribution is -2.07. The monoisotopic (exact) mass is 213 g/mol.